The molecule has 0 radical (unpaired) electrons. The zero-order valence-corrected chi connectivity index (χ0v) is 12.7. The Hall–Kier alpha value is 0.0700. The van der Waals surface area contributed by atoms with Crippen LogP contribution < -0.4 is 5.32 Å². The normalized spacial score (nSPS) is 32.6. The van der Waals surface area contributed by atoms with Gasteiger partial charge in [-0.3, -0.25) is 4.21 Å². The summed E-state index contributed by atoms with van der Waals surface area (Å²) in [6, 6.07) is 0.599. The lowest BCUT2D eigenvalue weighted by Gasteiger charge is -2.44. The predicted octanol–water partition coefficient (Wildman–Crippen LogP) is 1.75. The minimum absolute atomic E-state index is 0.370. The molecule has 1 saturated carbocycles. The van der Waals surface area contributed by atoms with Crippen molar-refractivity contribution in [2.45, 2.75) is 56.5 Å². The number of hydrogen-bond acceptors (Lipinski definition) is 3. The first-order chi connectivity index (χ1) is 8.62. The average molecular weight is 272 g/mol. The van der Waals surface area contributed by atoms with Crippen LogP contribution in [0, 0.1) is 0 Å². The van der Waals surface area contributed by atoms with E-state index >= 15 is 0 Å². The third-order valence-electron chi connectivity index (χ3n) is 4.84. The Bertz CT molecular complexity index is 278. The van der Waals surface area contributed by atoms with Gasteiger partial charge in [0, 0.05) is 40.4 Å². The third kappa shape index (κ3) is 3.55. The molecule has 0 atom stereocenters. The van der Waals surface area contributed by atoms with E-state index in [2.05, 4.69) is 24.3 Å². The Balaban J connectivity index is 1.84. The molecule has 2 aliphatic rings. The van der Waals surface area contributed by atoms with Crippen molar-refractivity contribution in [3.05, 3.63) is 0 Å². The second kappa shape index (κ2) is 6.49. The summed E-state index contributed by atoms with van der Waals surface area (Å²) in [5.41, 5.74) is 0.370. The Labute approximate surface area is 114 Å². The minimum Gasteiger partial charge on any atom is -0.312 e. The zero-order valence-electron chi connectivity index (χ0n) is 11.9. The molecule has 2 rings (SSSR count). The molecular formula is C14H28N2OS. The molecular weight excluding hydrogens is 244 g/mol. The lowest BCUT2D eigenvalue weighted by atomic mass is 9.80. The molecule has 0 aromatic rings. The van der Waals surface area contributed by atoms with Gasteiger partial charge in [0.15, 0.2) is 0 Å². The number of nitrogens with one attached hydrogen (secondary N) is 1. The van der Waals surface area contributed by atoms with Crippen molar-refractivity contribution in [2.24, 2.45) is 0 Å². The van der Waals surface area contributed by atoms with Crippen LogP contribution in [0.5, 0.6) is 0 Å². The van der Waals surface area contributed by atoms with Crippen LogP contribution >= 0.6 is 0 Å². The largest absolute Gasteiger partial charge is 0.312 e. The van der Waals surface area contributed by atoms with Crippen molar-refractivity contribution in [3.8, 4) is 0 Å². The number of rotatable bonds is 4. The zero-order chi connectivity index (χ0) is 13.0. The van der Waals surface area contributed by atoms with E-state index in [9.17, 15) is 4.21 Å². The molecule has 4 heteroatoms. The second-order valence-corrected chi connectivity index (χ2v) is 7.88. The Kier molecular flexibility index (Phi) is 5.22. The summed E-state index contributed by atoms with van der Waals surface area (Å²) < 4.78 is 11.4. The van der Waals surface area contributed by atoms with Crippen LogP contribution in [-0.4, -0.2) is 52.8 Å². The van der Waals surface area contributed by atoms with Crippen molar-refractivity contribution in [1.82, 2.24) is 10.2 Å². The highest BCUT2D eigenvalue weighted by Crippen LogP contribution is 2.31. The fraction of sp³-hybridized carbons (Fsp3) is 1.00. The Morgan fingerprint density at radius 3 is 2.33 bits per heavy atom. The van der Waals surface area contributed by atoms with Crippen LogP contribution in [0.1, 0.15) is 44.9 Å². The smallest absolute Gasteiger partial charge is 0.0327 e. The first kappa shape index (κ1) is 14.5. The van der Waals surface area contributed by atoms with Gasteiger partial charge in [-0.25, -0.2) is 0 Å². The molecule has 0 aromatic heterocycles. The summed E-state index contributed by atoms with van der Waals surface area (Å²) in [5.74, 6) is 1.79. The molecule has 0 amide bonds. The number of nitrogens with zero attached hydrogens (tertiary/aromatic N) is 1. The lowest BCUT2D eigenvalue weighted by Crippen LogP contribution is -2.55. The highest BCUT2D eigenvalue weighted by atomic mass is 32.2. The molecule has 1 saturated heterocycles. The van der Waals surface area contributed by atoms with Gasteiger partial charge in [0.25, 0.3) is 0 Å². The molecule has 1 aliphatic carbocycles. The number of hydrogen-bond donors (Lipinski definition) is 1. The summed E-state index contributed by atoms with van der Waals surface area (Å²) in [6.45, 7) is 1.11. The van der Waals surface area contributed by atoms with E-state index < -0.39 is 10.8 Å². The highest BCUT2D eigenvalue weighted by Gasteiger charge is 2.34. The minimum atomic E-state index is -0.539. The first-order valence-electron chi connectivity index (χ1n) is 7.38. The summed E-state index contributed by atoms with van der Waals surface area (Å²) in [5, 5.41) is 3.76. The van der Waals surface area contributed by atoms with Crippen LogP contribution in [0.4, 0.5) is 0 Å². The van der Waals surface area contributed by atoms with Crippen molar-refractivity contribution in [3.63, 3.8) is 0 Å². The lowest BCUT2D eigenvalue weighted by molar-refractivity contribution is 0.0946. The van der Waals surface area contributed by atoms with Gasteiger partial charge in [0.05, 0.1) is 0 Å². The van der Waals surface area contributed by atoms with Crippen molar-refractivity contribution in [2.75, 3.05) is 32.1 Å². The molecule has 18 heavy (non-hydrogen) atoms. The van der Waals surface area contributed by atoms with Gasteiger partial charge in [-0.2, -0.15) is 0 Å². The summed E-state index contributed by atoms with van der Waals surface area (Å²) in [4.78, 5) is 2.43. The monoisotopic (exact) mass is 272 g/mol. The molecule has 2 fully saturated rings. The van der Waals surface area contributed by atoms with Crippen molar-refractivity contribution in [1.29, 1.82) is 0 Å². The topological polar surface area (TPSA) is 32.3 Å². The summed E-state index contributed by atoms with van der Waals surface area (Å²) in [6.07, 6.45) is 8.98. The Morgan fingerprint density at radius 1 is 1.17 bits per heavy atom. The molecule has 0 unspecified atom stereocenters. The van der Waals surface area contributed by atoms with Gasteiger partial charge in [-0.15, -0.1) is 0 Å². The quantitative estimate of drug-likeness (QED) is 0.846. The standard InChI is InChI=1S/C14H28N2OS/c1-16(2)14(8-4-3-5-9-14)12-15-13-6-10-18(17)11-7-13/h13,15H,3-12H2,1-2H3. The molecule has 0 aromatic carbocycles. The van der Waals surface area contributed by atoms with E-state index in [-0.39, 0.29) is 0 Å². The van der Waals surface area contributed by atoms with Crippen LogP contribution in [0.15, 0.2) is 0 Å². The van der Waals surface area contributed by atoms with Crippen LogP contribution in [0.3, 0.4) is 0 Å². The third-order valence-corrected chi connectivity index (χ3v) is 6.22. The maximum absolute atomic E-state index is 11.4. The van der Waals surface area contributed by atoms with E-state index in [0.717, 1.165) is 30.9 Å². The molecule has 3 nitrogen and oxygen atoms in total. The second-order valence-electron chi connectivity index (χ2n) is 6.18. The van der Waals surface area contributed by atoms with Crippen LogP contribution in [0.2, 0.25) is 0 Å². The van der Waals surface area contributed by atoms with Gasteiger partial charge < -0.3 is 10.2 Å². The van der Waals surface area contributed by atoms with Gasteiger partial charge in [-0.1, -0.05) is 19.3 Å². The van der Waals surface area contributed by atoms with Gasteiger partial charge >= 0.3 is 0 Å². The molecule has 1 aliphatic heterocycles. The Morgan fingerprint density at radius 2 is 1.78 bits per heavy atom. The van der Waals surface area contributed by atoms with Crippen LogP contribution in [-0.2, 0) is 10.8 Å². The first-order valence-corrected chi connectivity index (χ1v) is 8.87. The van der Waals surface area contributed by atoms with Gasteiger partial charge in [0.2, 0.25) is 0 Å². The van der Waals surface area contributed by atoms with Crippen LogP contribution in [0.25, 0.3) is 0 Å². The fourth-order valence-electron chi connectivity index (χ4n) is 3.32. The predicted molar refractivity (Wildman–Crippen MR) is 78.4 cm³/mol. The molecule has 0 bridgehead atoms. The van der Waals surface area contributed by atoms with E-state index in [0.29, 0.717) is 11.6 Å². The van der Waals surface area contributed by atoms with E-state index in [4.69, 9.17) is 0 Å². The van der Waals surface area contributed by atoms with E-state index in [1.807, 2.05) is 0 Å². The molecule has 106 valence electrons. The highest BCUT2D eigenvalue weighted by molar-refractivity contribution is 7.85. The van der Waals surface area contributed by atoms with Gasteiger partial charge in [-0.05, 0) is 39.8 Å². The maximum Gasteiger partial charge on any atom is 0.0327 e. The molecule has 1 heterocycles. The molecule has 1 N–H and O–H groups in total. The molecule has 0 spiro atoms. The average Bonchev–Trinajstić information content (AvgIpc) is 2.39. The van der Waals surface area contributed by atoms with Gasteiger partial charge in [0.1, 0.15) is 0 Å². The number of likely N-dealkylation sites (N-methyl/N-ethyl adjacent to an activating group) is 1. The van der Waals surface area contributed by atoms with E-state index in [1.54, 1.807) is 0 Å². The maximum atomic E-state index is 11.4. The summed E-state index contributed by atoms with van der Waals surface area (Å²) in [7, 11) is 3.91. The van der Waals surface area contributed by atoms with Crippen molar-refractivity contribution >= 4 is 10.8 Å². The fourth-order valence-corrected chi connectivity index (χ4v) is 4.62. The summed E-state index contributed by atoms with van der Waals surface area (Å²) >= 11 is 0. The van der Waals surface area contributed by atoms with E-state index in [1.165, 1.54) is 32.1 Å². The SMILES string of the molecule is CN(C)C1(CNC2CCS(=O)CC2)CCCCC1. The van der Waals surface area contributed by atoms with Crippen molar-refractivity contribution < 1.29 is 4.21 Å².